The topological polar surface area (TPSA) is 29.5 Å². The summed E-state index contributed by atoms with van der Waals surface area (Å²) < 4.78 is 7.06. The highest BCUT2D eigenvalue weighted by molar-refractivity contribution is 7.19. The van der Waals surface area contributed by atoms with Crippen LogP contribution in [0.4, 0.5) is 0 Å². The van der Waals surface area contributed by atoms with E-state index in [2.05, 4.69) is 43.0 Å². The molecule has 0 unspecified atom stereocenters. The van der Waals surface area contributed by atoms with E-state index in [4.69, 9.17) is 4.74 Å². The number of fused-ring (bicyclic) bond motifs is 1. The first-order valence-corrected chi connectivity index (χ1v) is 12.6. The second-order valence-electron chi connectivity index (χ2n) is 8.14. The summed E-state index contributed by atoms with van der Waals surface area (Å²) >= 11 is 1.71. The summed E-state index contributed by atoms with van der Waals surface area (Å²) in [6, 6.07) is 26.1. The van der Waals surface area contributed by atoms with Gasteiger partial charge in [0.2, 0.25) is 0 Å². The van der Waals surface area contributed by atoms with Gasteiger partial charge in [0.15, 0.2) is 5.78 Å². The predicted molar refractivity (Wildman–Crippen MR) is 139 cm³/mol. The molecule has 0 radical (unpaired) electrons. The largest absolute Gasteiger partial charge is 0.494 e. The Morgan fingerprint density at radius 3 is 2.30 bits per heavy atom. The number of rotatable bonds is 11. The summed E-state index contributed by atoms with van der Waals surface area (Å²) in [4.78, 5) is 17.1. The van der Waals surface area contributed by atoms with Crippen LogP contribution in [0, 0.1) is 0 Å². The lowest BCUT2D eigenvalue weighted by molar-refractivity contribution is 0.104. The lowest BCUT2D eigenvalue weighted by Crippen LogP contribution is -2.25. The molecule has 3 nitrogen and oxygen atoms in total. The number of ketones is 1. The number of ether oxygens (including phenoxy) is 1. The highest BCUT2D eigenvalue weighted by Crippen LogP contribution is 2.34. The minimum Gasteiger partial charge on any atom is -0.494 e. The molecule has 0 saturated heterocycles. The van der Waals surface area contributed by atoms with Gasteiger partial charge in [-0.25, -0.2) is 0 Å². The highest BCUT2D eigenvalue weighted by Gasteiger charge is 2.20. The van der Waals surface area contributed by atoms with E-state index >= 15 is 0 Å². The van der Waals surface area contributed by atoms with Crippen LogP contribution in [0.15, 0.2) is 78.9 Å². The maximum atomic E-state index is 13.6. The first-order valence-electron chi connectivity index (χ1n) is 11.7. The van der Waals surface area contributed by atoms with E-state index in [0.29, 0.717) is 12.2 Å². The molecular formula is C29H31NO2S. The molecule has 0 aliphatic heterocycles. The predicted octanol–water partition coefficient (Wildman–Crippen LogP) is 6.83. The van der Waals surface area contributed by atoms with Crippen LogP contribution < -0.4 is 4.74 Å². The van der Waals surface area contributed by atoms with Crippen molar-refractivity contribution in [1.29, 1.82) is 0 Å². The minimum absolute atomic E-state index is 0.0754. The standard InChI is InChI=1S/C29H31NO2S/c1-3-30(4-2)19-10-20-32-24-17-15-23(16-18-24)29(31)28-25-13-8-9-14-26(25)33-27(28)21-22-11-6-5-7-12-22/h5-9,11-18H,3-4,10,19-21H2,1-2H3. The molecule has 0 aliphatic rings. The Morgan fingerprint density at radius 1 is 0.879 bits per heavy atom. The van der Waals surface area contributed by atoms with Crippen molar-refractivity contribution in [3.8, 4) is 5.75 Å². The van der Waals surface area contributed by atoms with Gasteiger partial charge in [-0.1, -0.05) is 62.4 Å². The maximum Gasteiger partial charge on any atom is 0.194 e. The summed E-state index contributed by atoms with van der Waals surface area (Å²) in [5.41, 5.74) is 2.74. The fourth-order valence-electron chi connectivity index (χ4n) is 4.12. The molecule has 0 aliphatic carbocycles. The first kappa shape index (κ1) is 23.2. The van der Waals surface area contributed by atoms with E-state index < -0.39 is 0 Å². The average Bonchev–Trinajstić information content (AvgIpc) is 3.22. The molecule has 170 valence electrons. The lowest BCUT2D eigenvalue weighted by atomic mass is 9.98. The van der Waals surface area contributed by atoms with Crippen molar-refractivity contribution >= 4 is 27.2 Å². The van der Waals surface area contributed by atoms with E-state index in [1.807, 2.05) is 54.6 Å². The Kier molecular flexibility index (Phi) is 7.92. The van der Waals surface area contributed by atoms with E-state index in [0.717, 1.165) is 58.8 Å². The Labute approximate surface area is 200 Å². The minimum atomic E-state index is 0.0754. The van der Waals surface area contributed by atoms with Gasteiger partial charge in [-0.3, -0.25) is 4.79 Å². The normalized spacial score (nSPS) is 11.2. The molecule has 0 amide bonds. The van der Waals surface area contributed by atoms with Crippen LogP contribution in [0.5, 0.6) is 5.75 Å². The maximum absolute atomic E-state index is 13.6. The van der Waals surface area contributed by atoms with Crippen molar-refractivity contribution in [1.82, 2.24) is 4.90 Å². The Bertz CT molecular complexity index is 1180. The van der Waals surface area contributed by atoms with Gasteiger partial charge < -0.3 is 9.64 Å². The SMILES string of the molecule is CCN(CC)CCCOc1ccc(C(=O)c2c(Cc3ccccc3)sc3ccccc23)cc1. The second-order valence-corrected chi connectivity index (χ2v) is 9.28. The summed E-state index contributed by atoms with van der Waals surface area (Å²) in [5.74, 6) is 0.886. The van der Waals surface area contributed by atoms with Crippen LogP contribution in [0.1, 0.15) is 46.6 Å². The summed E-state index contributed by atoms with van der Waals surface area (Å²) in [5, 5.41) is 1.04. The zero-order chi connectivity index (χ0) is 23.0. The highest BCUT2D eigenvalue weighted by atomic mass is 32.1. The number of nitrogens with zero attached hydrogens (tertiary/aromatic N) is 1. The Balaban J connectivity index is 1.50. The monoisotopic (exact) mass is 457 g/mol. The van der Waals surface area contributed by atoms with Crippen molar-refractivity contribution in [2.75, 3.05) is 26.2 Å². The van der Waals surface area contributed by atoms with Gasteiger partial charge in [-0.15, -0.1) is 11.3 Å². The molecule has 0 N–H and O–H groups in total. The molecule has 0 fully saturated rings. The van der Waals surface area contributed by atoms with Gasteiger partial charge in [0.25, 0.3) is 0 Å². The summed E-state index contributed by atoms with van der Waals surface area (Å²) in [6.45, 7) is 8.22. The molecule has 1 aromatic heterocycles. The van der Waals surface area contributed by atoms with Crippen molar-refractivity contribution < 1.29 is 9.53 Å². The van der Waals surface area contributed by atoms with Crippen molar-refractivity contribution in [3.05, 3.63) is 100 Å². The number of carbonyl (C=O) groups is 1. The number of benzene rings is 3. The molecule has 0 spiro atoms. The van der Waals surface area contributed by atoms with Gasteiger partial charge in [-0.2, -0.15) is 0 Å². The first-order chi connectivity index (χ1) is 16.2. The van der Waals surface area contributed by atoms with Crippen molar-refractivity contribution in [2.24, 2.45) is 0 Å². The molecular weight excluding hydrogens is 426 g/mol. The molecule has 0 bridgehead atoms. The second kappa shape index (κ2) is 11.3. The third-order valence-electron chi connectivity index (χ3n) is 6.00. The molecule has 3 aromatic carbocycles. The van der Waals surface area contributed by atoms with Gasteiger partial charge in [-0.05, 0) is 55.4 Å². The third-order valence-corrected chi connectivity index (χ3v) is 7.17. The number of hydrogen-bond donors (Lipinski definition) is 0. The number of carbonyl (C=O) groups excluding carboxylic acids is 1. The molecule has 4 rings (SSSR count). The molecule has 4 heteroatoms. The average molecular weight is 458 g/mol. The van der Waals surface area contributed by atoms with Crippen LogP contribution in [-0.4, -0.2) is 36.9 Å². The molecule has 33 heavy (non-hydrogen) atoms. The quantitative estimate of drug-likeness (QED) is 0.182. The summed E-state index contributed by atoms with van der Waals surface area (Å²) in [7, 11) is 0. The zero-order valence-corrected chi connectivity index (χ0v) is 20.2. The molecule has 0 saturated carbocycles. The van der Waals surface area contributed by atoms with Gasteiger partial charge in [0, 0.05) is 39.1 Å². The molecule has 0 atom stereocenters. The van der Waals surface area contributed by atoms with Gasteiger partial charge >= 0.3 is 0 Å². The van der Waals surface area contributed by atoms with E-state index in [1.54, 1.807) is 11.3 Å². The number of hydrogen-bond acceptors (Lipinski definition) is 4. The Hall–Kier alpha value is -2.95. The van der Waals surface area contributed by atoms with E-state index in [9.17, 15) is 4.79 Å². The van der Waals surface area contributed by atoms with Crippen molar-refractivity contribution in [3.63, 3.8) is 0 Å². The third kappa shape index (κ3) is 5.70. The van der Waals surface area contributed by atoms with Gasteiger partial charge in [0.1, 0.15) is 5.75 Å². The Morgan fingerprint density at radius 2 is 1.58 bits per heavy atom. The smallest absolute Gasteiger partial charge is 0.194 e. The fourth-order valence-corrected chi connectivity index (χ4v) is 5.35. The molecule has 1 heterocycles. The van der Waals surface area contributed by atoms with Crippen molar-refractivity contribution in [2.45, 2.75) is 26.7 Å². The van der Waals surface area contributed by atoms with E-state index in [-0.39, 0.29) is 5.78 Å². The fraction of sp³-hybridized carbons (Fsp3) is 0.276. The zero-order valence-electron chi connectivity index (χ0n) is 19.4. The van der Waals surface area contributed by atoms with Crippen LogP contribution in [0.25, 0.3) is 10.1 Å². The van der Waals surface area contributed by atoms with E-state index in [1.165, 1.54) is 5.56 Å². The van der Waals surface area contributed by atoms with Crippen LogP contribution >= 0.6 is 11.3 Å². The van der Waals surface area contributed by atoms with Crippen LogP contribution in [0.2, 0.25) is 0 Å². The lowest BCUT2D eigenvalue weighted by Gasteiger charge is -2.17. The van der Waals surface area contributed by atoms with Gasteiger partial charge in [0.05, 0.1) is 6.61 Å². The van der Waals surface area contributed by atoms with Crippen LogP contribution in [0.3, 0.4) is 0 Å². The number of thiophene rings is 1. The van der Waals surface area contributed by atoms with Crippen LogP contribution in [-0.2, 0) is 6.42 Å². The molecule has 4 aromatic rings. The summed E-state index contributed by atoms with van der Waals surface area (Å²) in [6.07, 6.45) is 1.75.